The number of hydrogen-bond acceptors (Lipinski definition) is 3. The summed E-state index contributed by atoms with van der Waals surface area (Å²) < 4.78 is 2.03. The number of primary amides is 1. The minimum atomic E-state index is -0.968. The van der Waals surface area contributed by atoms with Crippen LogP contribution in [0.1, 0.15) is 54.3 Å². The zero-order valence-electron chi connectivity index (χ0n) is 11.7. The molecule has 1 amide bonds. The number of carbonyl (C=O) groups is 2. The third-order valence-electron chi connectivity index (χ3n) is 3.84. The van der Waals surface area contributed by atoms with Crippen LogP contribution >= 0.6 is 0 Å². The van der Waals surface area contributed by atoms with Crippen molar-refractivity contribution in [1.29, 1.82) is 0 Å². The molecule has 1 aromatic carbocycles. The number of carboxylic acid groups (broad SMARTS) is 1. The minimum Gasteiger partial charge on any atom is -0.478 e. The van der Waals surface area contributed by atoms with Crippen LogP contribution in [0.2, 0.25) is 0 Å². The molecule has 2 aromatic rings. The zero-order chi connectivity index (χ0) is 15.1. The van der Waals surface area contributed by atoms with Gasteiger partial charge in [0.15, 0.2) is 0 Å². The Bertz CT molecular complexity index is 731. The van der Waals surface area contributed by atoms with E-state index >= 15 is 0 Å². The maximum atomic E-state index is 11.2. The number of hydrogen-bond donors (Lipinski definition) is 2. The normalized spacial score (nSPS) is 16.0. The highest BCUT2D eigenvalue weighted by Gasteiger charge is 2.31. The van der Waals surface area contributed by atoms with Gasteiger partial charge < -0.3 is 15.4 Å². The van der Waals surface area contributed by atoms with Crippen LogP contribution < -0.4 is 5.73 Å². The molecule has 1 fully saturated rings. The third kappa shape index (κ3) is 2.49. The van der Waals surface area contributed by atoms with Gasteiger partial charge in [-0.2, -0.15) is 0 Å². The van der Waals surface area contributed by atoms with Crippen molar-refractivity contribution in [2.45, 2.75) is 38.1 Å². The van der Waals surface area contributed by atoms with Crippen molar-refractivity contribution in [2.75, 3.05) is 0 Å². The molecule has 6 heteroatoms. The van der Waals surface area contributed by atoms with Crippen molar-refractivity contribution in [3.8, 4) is 0 Å². The first-order valence-corrected chi connectivity index (χ1v) is 7.01. The van der Waals surface area contributed by atoms with Crippen molar-refractivity contribution < 1.29 is 14.7 Å². The van der Waals surface area contributed by atoms with Crippen LogP contribution in [-0.2, 0) is 4.79 Å². The smallest absolute Gasteiger partial charge is 0.335 e. The Labute approximate surface area is 121 Å². The van der Waals surface area contributed by atoms with Crippen LogP contribution in [0, 0.1) is 0 Å². The van der Waals surface area contributed by atoms with E-state index in [0.717, 1.165) is 24.2 Å². The second kappa shape index (κ2) is 4.87. The highest BCUT2D eigenvalue weighted by molar-refractivity contribution is 5.92. The Kier molecular flexibility index (Phi) is 3.16. The molecule has 21 heavy (non-hydrogen) atoms. The van der Waals surface area contributed by atoms with Gasteiger partial charge in [-0.1, -0.05) is 0 Å². The average molecular weight is 287 g/mol. The van der Waals surface area contributed by atoms with Gasteiger partial charge in [-0.25, -0.2) is 9.78 Å². The summed E-state index contributed by atoms with van der Waals surface area (Å²) in [5.74, 6) is 0.0140. The summed E-state index contributed by atoms with van der Waals surface area (Å²) in [6, 6.07) is 4.82. The first-order valence-electron chi connectivity index (χ1n) is 7.01. The fraction of sp³-hybridized carbons (Fsp3) is 0.400. The lowest BCUT2D eigenvalue weighted by atomic mass is 10.1. The Balaban J connectivity index is 2.13. The van der Waals surface area contributed by atoms with E-state index in [1.54, 1.807) is 18.2 Å². The predicted octanol–water partition coefficient (Wildman–Crippen LogP) is 2.05. The summed E-state index contributed by atoms with van der Waals surface area (Å²) in [5, 5.41) is 9.07. The predicted molar refractivity (Wildman–Crippen MR) is 77.2 cm³/mol. The van der Waals surface area contributed by atoms with E-state index in [2.05, 4.69) is 4.98 Å². The number of aromatic carboxylic acids is 1. The Morgan fingerprint density at radius 3 is 2.76 bits per heavy atom. The first kappa shape index (κ1) is 13.6. The highest BCUT2D eigenvalue weighted by atomic mass is 16.4. The number of fused-ring (bicyclic) bond motifs is 1. The Hall–Kier alpha value is -2.37. The summed E-state index contributed by atoms with van der Waals surface area (Å²) in [4.78, 5) is 26.9. The molecule has 1 aromatic heterocycles. The number of nitrogens with two attached hydrogens (primary N) is 1. The molecule has 0 spiro atoms. The molecule has 1 heterocycles. The summed E-state index contributed by atoms with van der Waals surface area (Å²) in [5.41, 5.74) is 7.04. The molecule has 1 saturated carbocycles. The van der Waals surface area contributed by atoms with Crippen LogP contribution in [0.15, 0.2) is 18.2 Å². The SMILES string of the molecule is CC(CC(N)=O)n1c(C2CC2)nc2cc(C(=O)O)ccc21. The second-order valence-corrected chi connectivity index (χ2v) is 5.64. The van der Waals surface area contributed by atoms with Gasteiger partial charge in [0, 0.05) is 18.4 Å². The average Bonchev–Trinajstić information content (AvgIpc) is 3.17. The van der Waals surface area contributed by atoms with Crippen LogP contribution in [0.25, 0.3) is 11.0 Å². The topological polar surface area (TPSA) is 98.2 Å². The van der Waals surface area contributed by atoms with Crippen LogP contribution in [0.3, 0.4) is 0 Å². The lowest BCUT2D eigenvalue weighted by Crippen LogP contribution is -2.18. The molecular formula is C15H17N3O3. The van der Waals surface area contributed by atoms with Gasteiger partial charge >= 0.3 is 5.97 Å². The monoisotopic (exact) mass is 287 g/mol. The number of aromatic nitrogens is 2. The van der Waals surface area contributed by atoms with Gasteiger partial charge in [0.05, 0.1) is 16.6 Å². The third-order valence-corrected chi connectivity index (χ3v) is 3.84. The molecule has 1 aliphatic rings. The maximum absolute atomic E-state index is 11.2. The molecule has 1 unspecified atom stereocenters. The van der Waals surface area contributed by atoms with Crippen LogP contribution in [-0.4, -0.2) is 26.5 Å². The van der Waals surface area contributed by atoms with Gasteiger partial charge in [0.2, 0.25) is 5.91 Å². The molecule has 110 valence electrons. The Morgan fingerprint density at radius 2 is 2.19 bits per heavy atom. The van der Waals surface area contributed by atoms with E-state index in [9.17, 15) is 9.59 Å². The fourth-order valence-corrected chi connectivity index (χ4v) is 2.73. The Morgan fingerprint density at radius 1 is 1.48 bits per heavy atom. The number of rotatable bonds is 5. The molecule has 0 bridgehead atoms. The minimum absolute atomic E-state index is 0.0845. The summed E-state index contributed by atoms with van der Waals surface area (Å²) in [6.45, 7) is 1.93. The van der Waals surface area contributed by atoms with Gasteiger partial charge in [-0.05, 0) is 38.0 Å². The summed E-state index contributed by atoms with van der Waals surface area (Å²) >= 11 is 0. The van der Waals surface area contributed by atoms with Crippen LogP contribution in [0.4, 0.5) is 0 Å². The largest absolute Gasteiger partial charge is 0.478 e. The highest BCUT2D eigenvalue weighted by Crippen LogP contribution is 2.42. The standard InChI is InChI=1S/C15H17N3O3/c1-8(6-13(16)19)18-12-5-4-10(15(20)21)7-11(12)17-14(18)9-2-3-9/h4-5,7-9H,2-3,6H2,1H3,(H2,16,19)(H,20,21). The number of benzene rings is 1. The van der Waals surface area contributed by atoms with E-state index in [1.165, 1.54) is 0 Å². The fourth-order valence-electron chi connectivity index (χ4n) is 2.73. The van der Waals surface area contributed by atoms with Crippen molar-refractivity contribution >= 4 is 22.9 Å². The molecule has 0 aliphatic heterocycles. The maximum Gasteiger partial charge on any atom is 0.335 e. The number of carbonyl (C=O) groups excluding carboxylic acids is 1. The first-order chi connectivity index (χ1) is 9.97. The summed E-state index contributed by atoms with van der Waals surface area (Å²) in [7, 11) is 0. The van der Waals surface area contributed by atoms with Gasteiger partial charge in [-0.15, -0.1) is 0 Å². The van der Waals surface area contributed by atoms with E-state index in [0.29, 0.717) is 11.4 Å². The van der Waals surface area contributed by atoms with Crippen molar-refractivity contribution in [3.63, 3.8) is 0 Å². The molecule has 1 aliphatic carbocycles. The van der Waals surface area contributed by atoms with Crippen LogP contribution in [0.5, 0.6) is 0 Å². The number of imidazole rings is 1. The van der Waals surface area contributed by atoms with Crippen molar-refractivity contribution in [2.24, 2.45) is 5.73 Å². The number of carboxylic acids is 1. The molecule has 1 atom stereocenters. The van der Waals surface area contributed by atoms with E-state index in [-0.39, 0.29) is 23.9 Å². The van der Waals surface area contributed by atoms with Gasteiger partial charge in [-0.3, -0.25) is 4.79 Å². The lowest BCUT2D eigenvalue weighted by Gasteiger charge is -2.16. The molecule has 6 nitrogen and oxygen atoms in total. The zero-order valence-corrected chi connectivity index (χ0v) is 11.7. The molecule has 3 rings (SSSR count). The molecular weight excluding hydrogens is 270 g/mol. The van der Waals surface area contributed by atoms with E-state index in [1.807, 2.05) is 11.5 Å². The number of amides is 1. The summed E-state index contributed by atoms with van der Waals surface area (Å²) in [6.07, 6.45) is 2.41. The molecule has 3 N–H and O–H groups in total. The molecule has 0 saturated heterocycles. The van der Waals surface area contributed by atoms with Crippen molar-refractivity contribution in [1.82, 2.24) is 9.55 Å². The lowest BCUT2D eigenvalue weighted by molar-refractivity contribution is -0.118. The van der Waals surface area contributed by atoms with E-state index < -0.39 is 5.97 Å². The van der Waals surface area contributed by atoms with Gasteiger partial charge in [0.25, 0.3) is 0 Å². The second-order valence-electron chi connectivity index (χ2n) is 5.64. The van der Waals surface area contributed by atoms with Gasteiger partial charge in [0.1, 0.15) is 5.82 Å². The quantitative estimate of drug-likeness (QED) is 0.879. The van der Waals surface area contributed by atoms with Crippen molar-refractivity contribution in [3.05, 3.63) is 29.6 Å². The molecule has 0 radical (unpaired) electrons. The number of nitrogens with zero attached hydrogens (tertiary/aromatic N) is 2. The van der Waals surface area contributed by atoms with E-state index in [4.69, 9.17) is 10.8 Å².